The van der Waals surface area contributed by atoms with Gasteiger partial charge >= 0.3 is 5.97 Å². The zero-order valence-corrected chi connectivity index (χ0v) is 10.3. The van der Waals surface area contributed by atoms with E-state index in [4.69, 9.17) is 9.84 Å². The molecule has 1 aliphatic heterocycles. The molecule has 0 aliphatic carbocycles. The van der Waals surface area contributed by atoms with Crippen LogP contribution in [-0.4, -0.2) is 57.7 Å². The lowest BCUT2D eigenvalue weighted by Gasteiger charge is -2.26. The first-order valence-corrected chi connectivity index (χ1v) is 5.66. The van der Waals surface area contributed by atoms with Crippen LogP contribution in [0.2, 0.25) is 0 Å². The van der Waals surface area contributed by atoms with Crippen molar-refractivity contribution in [2.45, 2.75) is 6.92 Å². The standard InChI is InChI=1S/C11H15N3O4/c1-7-12-8(9(11(16)17)13(7)2)10(15)14-3-5-18-6-4-14/h3-6H2,1-2H3,(H,16,17). The minimum atomic E-state index is -1.14. The highest BCUT2D eigenvalue weighted by Gasteiger charge is 2.28. The number of ether oxygens (including phenoxy) is 1. The maximum atomic E-state index is 12.2. The van der Waals surface area contributed by atoms with Crippen LogP contribution in [0.1, 0.15) is 26.8 Å². The number of carboxylic acid groups (broad SMARTS) is 1. The van der Waals surface area contributed by atoms with Gasteiger partial charge in [0.25, 0.3) is 5.91 Å². The molecule has 0 unspecified atom stereocenters. The Bertz CT molecular complexity index is 489. The molecule has 1 aliphatic rings. The van der Waals surface area contributed by atoms with Gasteiger partial charge in [0.15, 0.2) is 11.4 Å². The first-order valence-electron chi connectivity index (χ1n) is 5.66. The molecule has 1 N–H and O–H groups in total. The second kappa shape index (κ2) is 4.77. The molecular weight excluding hydrogens is 238 g/mol. The molecule has 2 rings (SSSR count). The van der Waals surface area contributed by atoms with Crippen LogP contribution >= 0.6 is 0 Å². The van der Waals surface area contributed by atoms with E-state index in [1.165, 1.54) is 4.57 Å². The van der Waals surface area contributed by atoms with Crippen LogP contribution in [0.15, 0.2) is 0 Å². The summed E-state index contributed by atoms with van der Waals surface area (Å²) in [6.07, 6.45) is 0. The lowest BCUT2D eigenvalue weighted by Crippen LogP contribution is -2.41. The zero-order valence-electron chi connectivity index (χ0n) is 10.3. The number of hydrogen-bond donors (Lipinski definition) is 1. The summed E-state index contributed by atoms with van der Waals surface area (Å²) in [5.74, 6) is -0.988. The average Bonchev–Trinajstić information content (AvgIpc) is 2.66. The number of morpholine rings is 1. The van der Waals surface area contributed by atoms with Crippen molar-refractivity contribution in [3.8, 4) is 0 Å². The Labute approximate surface area is 104 Å². The summed E-state index contributed by atoms with van der Waals surface area (Å²) in [4.78, 5) is 29.0. The fourth-order valence-corrected chi connectivity index (χ4v) is 1.92. The number of imidazole rings is 1. The van der Waals surface area contributed by atoms with Crippen LogP contribution in [-0.2, 0) is 11.8 Å². The van der Waals surface area contributed by atoms with E-state index in [0.29, 0.717) is 32.1 Å². The fourth-order valence-electron chi connectivity index (χ4n) is 1.92. The first kappa shape index (κ1) is 12.6. The molecule has 1 fully saturated rings. The number of aromatic carboxylic acids is 1. The van der Waals surface area contributed by atoms with E-state index < -0.39 is 5.97 Å². The van der Waals surface area contributed by atoms with E-state index in [-0.39, 0.29) is 17.3 Å². The Hall–Kier alpha value is -1.89. The van der Waals surface area contributed by atoms with Crippen molar-refractivity contribution in [2.75, 3.05) is 26.3 Å². The molecule has 0 spiro atoms. The smallest absolute Gasteiger partial charge is 0.355 e. The van der Waals surface area contributed by atoms with Gasteiger partial charge < -0.3 is 19.3 Å². The lowest BCUT2D eigenvalue weighted by molar-refractivity contribution is 0.0296. The van der Waals surface area contributed by atoms with Crippen molar-refractivity contribution in [3.63, 3.8) is 0 Å². The molecule has 2 heterocycles. The van der Waals surface area contributed by atoms with Gasteiger partial charge in [0.2, 0.25) is 0 Å². The summed E-state index contributed by atoms with van der Waals surface area (Å²) in [5, 5.41) is 9.15. The van der Waals surface area contributed by atoms with E-state index in [9.17, 15) is 9.59 Å². The quantitative estimate of drug-likeness (QED) is 0.795. The Kier molecular flexibility index (Phi) is 3.33. The van der Waals surface area contributed by atoms with Gasteiger partial charge in [-0.15, -0.1) is 0 Å². The predicted octanol–water partition coefficient (Wildman–Crippen LogP) is -0.101. The number of carbonyl (C=O) groups excluding carboxylic acids is 1. The number of amides is 1. The van der Waals surface area contributed by atoms with E-state index in [1.54, 1.807) is 18.9 Å². The Morgan fingerprint density at radius 1 is 1.33 bits per heavy atom. The number of aromatic nitrogens is 2. The van der Waals surface area contributed by atoms with Crippen LogP contribution in [0, 0.1) is 6.92 Å². The van der Waals surface area contributed by atoms with Gasteiger partial charge in [0, 0.05) is 20.1 Å². The molecule has 1 amide bonds. The highest BCUT2D eigenvalue weighted by atomic mass is 16.5. The number of carboxylic acids is 1. The molecule has 0 radical (unpaired) electrons. The maximum Gasteiger partial charge on any atom is 0.355 e. The zero-order chi connectivity index (χ0) is 13.3. The first-order chi connectivity index (χ1) is 8.52. The molecule has 0 bridgehead atoms. The van der Waals surface area contributed by atoms with Crippen LogP contribution in [0.25, 0.3) is 0 Å². The molecule has 1 saturated heterocycles. The van der Waals surface area contributed by atoms with Gasteiger partial charge in [-0.25, -0.2) is 9.78 Å². The third-order valence-corrected chi connectivity index (χ3v) is 3.02. The third kappa shape index (κ3) is 2.08. The van der Waals surface area contributed by atoms with Crippen LogP contribution in [0.5, 0.6) is 0 Å². The second-order valence-corrected chi connectivity index (χ2v) is 4.12. The fraction of sp³-hybridized carbons (Fsp3) is 0.545. The van der Waals surface area contributed by atoms with Crippen molar-refractivity contribution in [1.82, 2.24) is 14.5 Å². The number of hydrogen-bond acceptors (Lipinski definition) is 4. The molecule has 1 aromatic rings. The highest BCUT2D eigenvalue weighted by molar-refractivity contribution is 6.02. The van der Waals surface area contributed by atoms with E-state index in [0.717, 1.165) is 0 Å². The van der Waals surface area contributed by atoms with Gasteiger partial charge in [-0.1, -0.05) is 0 Å². The predicted molar refractivity (Wildman–Crippen MR) is 61.6 cm³/mol. The van der Waals surface area contributed by atoms with Gasteiger partial charge in [0.05, 0.1) is 13.2 Å². The average molecular weight is 253 g/mol. The third-order valence-electron chi connectivity index (χ3n) is 3.02. The molecule has 0 saturated carbocycles. The molecule has 18 heavy (non-hydrogen) atoms. The monoisotopic (exact) mass is 253 g/mol. The second-order valence-electron chi connectivity index (χ2n) is 4.12. The normalized spacial score (nSPS) is 15.8. The summed E-state index contributed by atoms with van der Waals surface area (Å²) < 4.78 is 6.57. The van der Waals surface area contributed by atoms with Crippen LogP contribution in [0.3, 0.4) is 0 Å². The van der Waals surface area contributed by atoms with Crippen LogP contribution in [0.4, 0.5) is 0 Å². The molecular formula is C11H15N3O4. The topological polar surface area (TPSA) is 84.7 Å². The van der Waals surface area contributed by atoms with Gasteiger partial charge in [-0.2, -0.15) is 0 Å². The lowest BCUT2D eigenvalue weighted by atomic mass is 10.2. The van der Waals surface area contributed by atoms with Crippen molar-refractivity contribution in [1.29, 1.82) is 0 Å². The number of carbonyl (C=O) groups is 2. The Morgan fingerprint density at radius 3 is 2.50 bits per heavy atom. The minimum absolute atomic E-state index is 0.00407. The molecule has 0 aromatic carbocycles. The Balaban J connectivity index is 2.35. The van der Waals surface area contributed by atoms with Crippen molar-refractivity contribution in [2.24, 2.45) is 7.05 Å². The summed E-state index contributed by atoms with van der Waals surface area (Å²) in [6.45, 7) is 3.55. The van der Waals surface area contributed by atoms with Crippen molar-refractivity contribution in [3.05, 3.63) is 17.2 Å². The Morgan fingerprint density at radius 2 is 1.94 bits per heavy atom. The van der Waals surface area contributed by atoms with E-state index in [2.05, 4.69) is 4.98 Å². The summed E-state index contributed by atoms with van der Waals surface area (Å²) in [6, 6.07) is 0. The number of aryl methyl sites for hydroxylation is 1. The molecule has 98 valence electrons. The largest absolute Gasteiger partial charge is 0.477 e. The SMILES string of the molecule is Cc1nc(C(=O)N2CCOCC2)c(C(=O)O)n1C. The number of rotatable bonds is 2. The maximum absolute atomic E-state index is 12.2. The summed E-state index contributed by atoms with van der Waals surface area (Å²) in [7, 11) is 1.59. The molecule has 1 aromatic heterocycles. The van der Waals surface area contributed by atoms with E-state index >= 15 is 0 Å². The molecule has 7 nitrogen and oxygen atoms in total. The number of nitrogens with zero attached hydrogens (tertiary/aromatic N) is 3. The summed E-state index contributed by atoms with van der Waals surface area (Å²) >= 11 is 0. The van der Waals surface area contributed by atoms with Crippen molar-refractivity contribution < 1.29 is 19.4 Å². The van der Waals surface area contributed by atoms with Crippen LogP contribution < -0.4 is 0 Å². The summed E-state index contributed by atoms with van der Waals surface area (Å²) in [5.41, 5.74) is -0.0617. The van der Waals surface area contributed by atoms with Gasteiger partial charge in [-0.05, 0) is 6.92 Å². The van der Waals surface area contributed by atoms with Crippen molar-refractivity contribution >= 4 is 11.9 Å². The molecule has 0 atom stereocenters. The van der Waals surface area contributed by atoms with E-state index in [1.807, 2.05) is 0 Å². The highest BCUT2D eigenvalue weighted by Crippen LogP contribution is 2.14. The molecule has 7 heteroatoms. The van der Waals surface area contributed by atoms with Gasteiger partial charge in [0.1, 0.15) is 5.82 Å². The minimum Gasteiger partial charge on any atom is -0.477 e. The van der Waals surface area contributed by atoms with Gasteiger partial charge in [-0.3, -0.25) is 4.79 Å².